The van der Waals surface area contributed by atoms with Crippen LogP contribution in [0.5, 0.6) is 5.75 Å². The summed E-state index contributed by atoms with van der Waals surface area (Å²) in [5, 5.41) is 3.68. The Morgan fingerprint density at radius 2 is 1.65 bits per heavy atom. The van der Waals surface area contributed by atoms with E-state index in [0.717, 1.165) is 21.3 Å². The maximum atomic E-state index is 13.3. The number of pyridine rings is 1. The van der Waals surface area contributed by atoms with E-state index in [1.54, 1.807) is 18.2 Å². The molecule has 200 valence electrons. The number of nitrogens with one attached hydrogen (secondary N) is 1. The third-order valence-electron chi connectivity index (χ3n) is 6.26. The number of nitrogens with zero attached hydrogens (tertiary/aromatic N) is 1. The van der Waals surface area contributed by atoms with Crippen molar-refractivity contribution in [3.8, 4) is 17.0 Å². The molecule has 0 bridgehead atoms. The van der Waals surface area contributed by atoms with Crippen LogP contribution in [0, 0.1) is 6.92 Å². The minimum Gasteiger partial charge on any atom is -0.489 e. The lowest BCUT2D eigenvalue weighted by molar-refractivity contribution is -0.119. The minimum atomic E-state index is -0.614. The predicted octanol–water partition coefficient (Wildman–Crippen LogP) is 8.00. The van der Waals surface area contributed by atoms with Crippen molar-refractivity contribution in [2.75, 3.05) is 11.9 Å². The number of rotatable bonds is 8. The summed E-state index contributed by atoms with van der Waals surface area (Å²) in [4.78, 5) is 30.7. The van der Waals surface area contributed by atoms with Gasteiger partial charge in [0.25, 0.3) is 5.91 Å². The highest BCUT2D eigenvalue weighted by Gasteiger charge is 2.21. The van der Waals surface area contributed by atoms with E-state index in [4.69, 9.17) is 26.1 Å². The Bertz CT molecular complexity index is 1690. The van der Waals surface area contributed by atoms with Crippen LogP contribution in [0.3, 0.4) is 0 Å². The SMILES string of the molecule is Cc1c(-c2ccc(OCc3ccccc3)cc2)nc2ccccc2c1C(=O)OCC(=O)Nc1ccc(Br)cc1Cl. The van der Waals surface area contributed by atoms with Crippen molar-refractivity contribution in [2.24, 2.45) is 0 Å². The van der Waals surface area contributed by atoms with Crippen molar-refractivity contribution in [3.05, 3.63) is 123 Å². The fraction of sp³-hybridized carbons (Fsp3) is 0.0938. The molecular weight excluding hydrogens is 592 g/mol. The summed E-state index contributed by atoms with van der Waals surface area (Å²) in [5.41, 5.74) is 4.63. The first-order valence-corrected chi connectivity index (χ1v) is 13.6. The number of hydrogen-bond acceptors (Lipinski definition) is 5. The Labute approximate surface area is 245 Å². The molecule has 0 saturated heterocycles. The Balaban J connectivity index is 1.35. The van der Waals surface area contributed by atoms with E-state index in [0.29, 0.717) is 45.0 Å². The van der Waals surface area contributed by atoms with Crippen LogP contribution in [0.15, 0.2) is 102 Å². The number of carbonyl (C=O) groups is 2. The van der Waals surface area contributed by atoms with Crippen molar-refractivity contribution < 1.29 is 19.1 Å². The van der Waals surface area contributed by atoms with Gasteiger partial charge in [0.2, 0.25) is 0 Å². The number of carbonyl (C=O) groups excluding carboxylic acids is 2. The first-order valence-electron chi connectivity index (χ1n) is 12.5. The van der Waals surface area contributed by atoms with Crippen LogP contribution in [0.2, 0.25) is 5.02 Å². The van der Waals surface area contributed by atoms with Gasteiger partial charge < -0.3 is 14.8 Å². The van der Waals surface area contributed by atoms with Crippen molar-refractivity contribution in [2.45, 2.75) is 13.5 Å². The molecule has 0 aliphatic heterocycles. The van der Waals surface area contributed by atoms with Crippen LogP contribution >= 0.6 is 27.5 Å². The van der Waals surface area contributed by atoms with Gasteiger partial charge in [-0.3, -0.25) is 4.79 Å². The standard InChI is InChI=1S/C32H24BrClN2O4/c1-20-30(32(38)40-19-29(37)35-28-16-13-23(33)17-26(28)34)25-9-5-6-10-27(25)36-31(20)22-11-14-24(15-12-22)39-18-21-7-3-2-4-8-21/h2-17H,18-19H2,1H3,(H,35,37). The van der Waals surface area contributed by atoms with E-state index < -0.39 is 18.5 Å². The normalized spacial score (nSPS) is 10.8. The highest BCUT2D eigenvalue weighted by molar-refractivity contribution is 9.10. The van der Waals surface area contributed by atoms with E-state index in [9.17, 15) is 9.59 Å². The van der Waals surface area contributed by atoms with Gasteiger partial charge in [0.05, 0.1) is 27.5 Å². The summed E-state index contributed by atoms with van der Waals surface area (Å²) in [5.74, 6) is -0.389. The molecular formula is C32H24BrClN2O4. The zero-order valence-corrected chi connectivity index (χ0v) is 23.8. The second-order valence-corrected chi connectivity index (χ2v) is 10.3. The second kappa shape index (κ2) is 12.3. The van der Waals surface area contributed by atoms with Gasteiger partial charge in [-0.05, 0) is 66.6 Å². The highest BCUT2D eigenvalue weighted by atomic mass is 79.9. The molecule has 0 radical (unpaired) electrons. The number of amides is 1. The van der Waals surface area contributed by atoms with Gasteiger partial charge >= 0.3 is 5.97 Å². The number of para-hydroxylation sites is 1. The summed E-state index contributed by atoms with van der Waals surface area (Å²) < 4.78 is 12.1. The fourth-order valence-corrected chi connectivity index (χ4v) is 5.00. The second-order valence-electron chi connectivity index (χ2n) is 9.02. The lowest BCUT2D eigenvalue weighted by Gasteiger charge is -2.15. The summed E-state index contributed by atoms with van der Waals surface area (Å²) in [7, 11) is 0. The molecule has 1 aromatic heterocycles. The molecule has 5 aromatic rings. The summed E-state index contributed by atoms with van der Waals surface area (Å²) >= 11 is 9.51. The molecule has 8 heteroatoms. The molecule has 1 amide bonds. The van der Waals surface area contributed by atoms with Crippen LogP contribution in [0.25, 0.3) is 22.2 Å². The van der Waals surface area contributed by atoms with Crippen LogP contribution in [0.4, 0.5) is 5.69 Å². The number of anilines is 1. The largest absolute Gasteiger partial charge is 0.489 e. The van der Waals surface area contributed by atoms with Gasteiger partial charge in [0.15, 0.2) is 6.61 Å². The molecule has 0 aliphatic rings. The molecule has 0 saturated carbocycles. The highest BCUT2D eigenvalue weighted by Crippen LogP contribution is 2.31. The molecule has 0 unspecified atom stereocenters. The molecule has 6 nitrogen and oxygen atoms in total. The van der Waals surface area contributed by atoms with E-state index in [1.807, 2.05) is 85.8 Å². The van der Waals surface area contributed by atoms with Crippen molar-refractivity contribution in [1.82, 2.24) is 4.98 Å². The number of hydrogen-bond donors (Lipinski definition) is 1. The van der Waals surface area contributed by atoms with Crippen molar-refractivity contribution in [3.63, 3.8) is 0 Å². The molecule has 0 aliphatic carbocycles. The number of aromatic nitrogens is 1. The number of halogens is 2. The quantitative estimate of drug-likeness (QED) is 0.179. The van der Waals surface area contributed by atoms with Crippen LogP contribution < -0.4 is 10.1 Å². The molecule has 1 heterocycles. The van der Waals surface area contributed by atoms with Gasteiger partial charge in [-0.2, -0.15) is 0 Å². The molecule has 5 rings (SSSR count). The van der Waals surface area contributed by atoms with Crippen molar-refractivity contribution in [1.29, 1.82) is 0 Å². The molecule has 0 spiro atoms. The third kappa shape index (κ3) is 6.33. The van der Waals surface area contributed by atoms with E-state index >= 15 is 0 Å². The van der Waals surface area contributed by atoms with Gasteiger partial charge in [-0.25, -0.2) is 9.78 Å². The Hall–Kier alpha value is -4.20. The maximum absolute atomic E-state index is 13.3. The van der Waals surface area contributed by atoms with E-state index in [1.165, 1.54) is 0 Å². The van der Waals surface area contributed by atoms with Crippen LogP contribution in [0.1, 0.15) is 21.5 Å². The van der Waals surface area contributed by atoms with Gasteiger partial charge in [-0.1, -0.05) is 76.1 Å². The lowest BCUT2D eigenvalue weighted by Crippen LogP contribution is -2.21. The number of ether oxygens (including phenoxy) is 2. The molecule has 40 heavy (non-hydrogen) atoms. The van der Waals surface area contributed by atoms with Gasteiger partial charge in [-0.15, -0.1) is 0 Å². The Morgan fingerprint density at radius 1 is 0.925 bits per heavy atom. The zero-order valence-electron chi connectivity index (χ0n) is 21.5. The monoisotopic (exact) mass is 614 g/mol. The van der Waals surface area contributed by atoms with Crippen LogP contribution in [-0.4, -0.2) is 23.5 Å². The van der Waals surface area contributed by atoms with E-state index in [-0.39, 0.29) is 0 Å². The van der Waals surface area contributed by atoms with Gasteiger partial charge in [0.1, 0.15) is 12.4 Å². The fourth-order valence-electron chi connectivity index (χ4n) is 4.28. The number of fused-ring (bicyclic) bond motifs is 1. The summed E-state index contributed by atoms with van der Waals surface area (Å²) in [6, 6.07) is 30.0. The molecule has 0 fully saturated rings. The van der Waals surface area contributed by atoms with Crippen LogP contribution in [-0.2, 0) is 16.1 Å². The number of esters is 1. The summed E-state index contributed by atoms with van der Waals surface area (Å²) in [6.07, 6.45) is 0. The van der Waals surface area contributed by atoms with Gasteiger partial charge in [0, 0.05) is 15.4 Å². The topological polar surface area (TPSA) is 77.5 Å². The molecule has 1 N–H and O–H groups in total. The summed E-state index contributed by atoms with van der Waals surface area (Å²) in [6.45, 7) is 1.82. The zero-order chi connectivity index (χ0) is 28.1. The Kier molecular flexibility index (Phi) is 8.43. The molecule has 4 aromatic carbocycles. The van der Waals surface area contributed by atoms with Crippen molar-refractivity contribution >= 4 is 56.0 Å². The Morgan fingerprint density at radius 3 is 2.40 bits per heavy atom. The maximum Gasteiger partial charge on any atom is 0.339 e. The lowest BCUT2D eigenvalue weighted by atomic mass is 9.97. The average Bonchev–Trinajstić information content (AvgIpc) is 2.97. The number of benzene rings is 4. The first-order chi connectivity index (χ1) is 19.4. The third-order valence-corrected chi connectivity index (χ3v) is 7.06. The minimum absolute atomic E-state index is 0.361. The molecule has 0 atom stereocenters. The predicted molar refractivity (Wildman–Crippen MR) is 161 cm³/mol. The average molecular weight is 616 g/mol. The van der Waals surface area contributed by atoms with E-state index in [2.05, 4.69) is 21.2 Å². The first kappa shape index (κ1) is 27.4. The smallest absolute Gasteiger partial charge is 0.339 e.